The Morgan fingerprint density at radius 1 is 1.15 bits per heavy atom. The van der Waals surface area contributed by atoms with Crippen LogP contribution >= 0.6 is 0 Å². The number of ether oxygens (including phenoxy) is 2. The van der Waals surface area contributed by atoms with Crippen molar-refractivity contribution in [1.82, 2.24) is 20.4 Å². The standard InChI is InChI=1S/C31H46N4O6/c1-19(2)25-23(29(34-33-25)41-30-28(39)27(38)26(37)24(16-36)40-30)15-22-8-7-21(14-20(22)3)6-4-5-11-35-12-9-31(10-13-35)17-32-18-31/h4,6-8,14,19,24,26-28,30,32,36-39H,5,9-13,15-18H2,1-3H3,(H,33,34)/b6-4+/t24-,26-,27+,28-,30+/m1/s1. The van der Waals surface area contributed by atoms with Gasteiger partial charge < -0.3 is 40.1 Å². The van der Waals surface area contributed by atoms with E-state index in [0.29, 0.717) is 11.8 Å². The minimum atomic E-state index is -1.52. The molecular weight excluding hydrogens is 524 g/mol. The van der Waals surface area contributed by atoms with E-state index >= 15 is 0 Å². The molecule has 4 heterocycles. The van der Waals surface area contributed by atoms with Gasteiger partial charge in [0.25, 0.3) is 0 Å². The van der Waals surface area contributed by atoms with E-state index in [1.54, 1.807) is 0 Å². The second-order valence-corrected chi connectivity index (χ2v) is 12.4. The smallest absolute Gasteiger partial charge is 0.238 e. The van der Waals surface area contributed by atoms with Crippen LogP contribution in [-0.2, 0) is 11.2 Å². The summed E-state index contributed by atoms with van der Waals surface area (Å²) in [5.74, 6) is 0.404. The molecule has 0 aliphatic carbocycles. The monoisotopic (exact) mass is 570 g/mol. The molecule has 1 aromatic carbocycles. The van der Waals surface area contributed by atoms with E-state index in [1.165, 1.54) is 44.6 Å². The van der Waals surface area contributed by atoms with Crippen LogP contribution in [0, 0.1) is 12.3 Å². The average Bonchev–Trinajstić information content (AvgIpc) is 3.34. The molecule has 0 unspecified atom stereocenters. The van der Waals surface area contributed by atoms with Crippen molar-refractivity contribution in [2.24, 2.45) is 5.41 Å². The van der Waals surface area contributed by atoms with Gasteiger partial charge in [0.15, 0.2) is 0 Å². The number of rotatable bonds is 10. The Kier molecular flexibility index (Phi) is 9.50. The lowest BCUT2D eigenvalue weighted by molar-refractivity contribution is -0.278. The zero-order valence-electron chi connectivity index (χ0n) is 24.4. The molecule has 0 amide bonds. The van der Waals surface area contributed by atoms with Gasteiger partial charge in [-0.3, -0.25) is 5.10 Å². The number of aliphatic hydroxyl groups excluding tert-OH is 4. The van der Waals surface area contributed by atoms with Crippen LogP contribution in [0.2, 0.25) is 0 Å². The Morgan fingerprint density at radius 2 is 1.90 bits per heavy atom. The Bertz CT molecular complexity index is 1180. The number of nitrogens with zero attached hydrogens (tertiary/aromatic N) is 2. The average molecular weight is 571 g/mol. The summed E-state index contributed by atoms with van der Waals surface area (Å²) in [5, 5.41) is 51.1. The summed E-state index contributed by atoms with van der Waals surface area (Å²) in [6, 6.07) is 6.44. The van der Waals surface area contributed by atoms with Crippen LogP contribution in [-0.4, -0.2) is 106 Å². The Labute approximate surface area is 242 Å². The normalized spacial score (nSPS) is 28.4. The van der Waals surface area contributed by atoms with Crippen molar-refractivity contribution in [2.45, 2.75) is 83.1 Å². The fourth-order valence-electron chi connectivity index (χ4n) is 6.15. The number of benzene rings is 1. The minimum absolute atomic E-state index is 0.142. The fraction of sp³-hybridized carbons (Fsp3) is 0.645. The first-order chi connectivity index (χ1) is 19.7. The van der Waals surface area contributed by atoms with Gasteiger partial charge in [-0.05, 0) is 67.3 Å². The van der Waals surface area contributed by atoms with E-state index in [4.69, 9.17) is 9.47 Å². The quantitative estimate of drug-likeness (QED) is 0.252. The van der Waals surface area contributed by atoms with Crippen LogP contribution in [0.25, 0.3) is 6.08 Å². The third-order valence-electron chi connectivity index (χ3n) is 9.09. The van der Waals surface area contributed by atoms with E-state index in [0.717, 1.165) is 35.3 Å². The molecule has 0 saturated carbocycles. The van der Waals surface area contributed by atoms with Crippen molar-refractivity contribution in [3.63, 3.8) is 0 Å². The van der Waals surface area contributed by atoms with Gasteiger partial charge in [0.05, 0.1) is 6.61 Å². The highest BCUT2D eigenvalue weighted by Crippen LogP contribution is 2.35. The highest BCUT2D eigenvalue weighted by molar-refractivity contribution is 5.52. The zero-order valence-corrected chi connectivity index (χ0v) is 24.4. The lowest BCUT2D eigenvalue weighted by atomic mass is 9.73. The van der Waals surface area contributed by atoms with E-state index in [1.807, 2.05) is 0 Å². The second kappa shape index (κ2) is 12.9. The van der Waals surface area contributed by atoms with Crippen LogP contribution in [0.3, 0.4) is 0 Å². The van der Waals surface area contributed by atoms with Gasteiger partial charge in [-0.15, -0.1) is 5.10 Å². The van der Waals surface area contributed by atoms with Crippen molar-refractivity contribution >= 4 is 6.08 Å². The van der Waals surface area contributed by atoms with Crippen LogP contribution < -0.4 is 10.1 Å². The minimum Gasteiger partial charge on any atom is -0.443 e. The number of H-pyrrole nitrogens is 1. The molecule has 41 heavy (non-hydrogen) atoms. The predicted molar refractivity (Wildman–Crippen MR) is 156 cm³/mol. The number of hydrogen-bond donors (Lipinski definition) is 6. The van der Waals surface area contributed by atoms with E-state index in [-0.39, 0.29) is 11.8 Å². The van der Waals surface area contributed by atoms with Gasteiger partial charge in [0.2, 0.25) is 12.2 Å². The summed E-state index contributed by atoms with van der Waals surface area (Å²) in [4.78, 5) is 2.59. The van der Waals surface area contributed by atoms with E-state index in [2.05, 4.69) is 71.5 Å². The predicted octanol–water partition coefficient (Wildman–Crippen LogP) is 1.70. The molecule has 6 N–H and O–H groups in total. The number of nitrogens with one attached hydrogen (secondary N) is 2. The molecule has 2 aromatic rings. The summed E-state index contributed by atoms with van der Waals surface area (Å²) >= 11 is 0. The van der Waals surface area contributed by atoms with Crippen LogP contribution in [0.4, 0.5) is 0 Å². The number of piperidine rings is 1. The van der Waals surface area contributed by atoms with E-state index < -0.39 is 37.3 Å². The van der Waals surface area contributed by atoms with Gasteiger partial charge in [0.1, 0.15) is 24.4 Å². The number of aryl methyl sites for hydroxylation is 1. The molecule has 0 radical (unpaired) electrons. The summed E-state index contributed by atoms with van der Waals surface area (Å²) in [5.41, 5.74) is 5.77. The van der Waals surface area contributed by atoms with Gasteiger partial charge >= 0.3 is 0 Å². The number of aromatic amines is 1. The fourth-order valence-corrected chi connectivity index (χ4v) is 6.15. The number of aliphatic hydroxyl groups is 4. The molecular formula is C31H46N4O6. The third kappa shape index (κ3) is 6.69. The maximum absolute atomic E-state index is 10.5. The maximum atomic E-state index is 10.5. The second-order valence-electron chi connectivity index (χ2n) is 12.4. The molecule has 10 nitrogen and oxygen atoms in total. The van der Waals surface area contributed by atoms with E-state index in [9.17, 15) is 20.4 Å². The van der Waals surface area contributed by atoms with Crippen molar-refractivity contribution < 1.29 is 29.9 Å². The Balaban J connectivity index is 1.21. The SMILES string of the molecule is Cc1cc(/C=C/CCN2CCC3(CC2)CNC3)ccc1Cc1c(O[C@@H]2O[C@H](CO)[C@@H](O)[C@H](O)[C@H]2O)n[nH]c1C(C)C. The molecule has 226 valence electrons. The highest BCUT2D eigenvalue weighted by atomic mass is 16.7. The zero-order chi connectivity index (χ0) is 29.1. The molecule has 3 saturated heterocycles. The molecule has 5 rings (SSSR count). The van der Waals surface area contributed by atoms with Crippen molar-refractivity contribution in [3.05, 3.63) is 52.2 Å². The maximum Gasteiger partial charge on any atom is 0.238 e. The molecule has 5 atom stereocenters. The molecule has 3 fully saturated rings. The summed E-state index contributed by atoms with van der Waals surface area (Å²) in [7, 11) is 0. The number of likely N-dealkylation sites (tertiary alicyclic amines) is 1. The Hall–Kier alpha value is -2.31. The van der Waals surface area contributed by atoms with Crippen LogP contribution in [0.1, 0.15) is 67.0 Å². The van der Waals surface area contributed by atoms with Crippen molar-refractivity contribution in [3.8, 4) is 5.88 Å². The topological polar surface area (TPSA) is 143 Å². The summed E-state index contributed by atoms with van der Waals surface area (Å²) in [6.45, 7) is 11.6. The molecule has 1 aromatic heterocycles. The number of hydrogen-bond acceptors (Lipinski definition) is 9. The molecule has 0 bridgehead atoms. The van der Waals surface area contributed by atoms with Gasteiger partial charge in [0, 0.05) is 37.3 Å². The summed E-state index contributed by atoms with van der Waals surface area (Å²) < 4.78 is 11.5. The molecule has 10 heteroatoms. The van der Waals surface area contributed by atoms with Crippen LogP contribution in [0.15, 0.2) is 24.3 Å². The van der Waals surface area contributed by atoms with Gasteiger partial charge in [-0.2, -0.15) is 0 Å². The molecule has 3 aliphatic rings. The van der Waals surface area contributed by atoms with Crippen molar-refractivity contribution in [1.29, 1.82) is 0 Å². The lowest BCUT2D eigenvalue weighted by Gasteiger charge is -2.48. The first-order valence-corrected chi connectivity index (χ1v) is 14.9. The lowest BCUT2D eigenvalue weighted by Crippen LogP contribution is -2.60. The summed E-state index contributed by atoms with van der Waals surface area (Å²) in [6.07, 6.45) is 1.88. The molecule has 3 aliphatic heterocycles. The third-order valence-corrected chi connectivity index (χ3v) is 9.09. The first-order valence-electron chi connectivity index (χ1n) is 14.9. The largest absolute Gasteiger partial charge is 0.443 e. The highest BCUT2D eigenvalue weighted by Gasteiger charge is 2.45. The van der Waals surface area contributed by atoms with Gasteiger partial charge in [-0.1, -0.05) is 44.2 Å². The first kappa shape index (κ1) is 30.2. The van der Waals surface area contributed by atoms with Gasteiger partial charge in [-0.25, -0.2) is 0 Å². The molecule has 1 spiro atoms. The van der Waals surface area contributed by atoms with Crippen LogP contribution in [0.5, 0.6) is 5.88 Å². The number of aromatic nitrogens is 2. The Morgan fingerprint density at radius 3 is 2.54 bits per heavy atom. The van der Waals surface area contributed by atoms with Crippen molar-refractivity contribution in [2.75, 3.05) is 39.3 Å².